The Kier molecular flexibility index (Phi) is 3.35. The van der Waals surface area contributed by atoms with Crippen LogP contribution in [-0.4, -0.2) is 30.9 Å². The molecule has 1 N–H and O–H groups in total. The number of pyridine rings is 1. The molecular formula is C17H13FN4O2. The van der Waals surface area contributed by atoms with Crippen LogP contribution in [0.5, 0.6) is 0 Å². The minimum atomic E-state index is -0.307. The molecular weight excluding hydrogens is 311 g/mol. The van der Waals surface area contributed by atoms with Crippen LogP contribution in [0.15, 0.2) is 53.7 Å². The molecule has 0 aliphatic heterocycles. The van der Waals surface area contributed by atoms with Crippen molar-refractivity contribution in [2.24, 2.45) is 0 Å². The van der Waals surface area contributed by atoms with E-state index >= 15 is 0 Å². The normalized spacial score (nSPS) is 11.4. The van der Waals surface area contributed by atoms with Crippen molar-refractivity contribution in [1.82, 2.24) is 19.2 Å². The molecule has 7 heteroatoms. The van der Waals surface area contributed by atoms with E-state index in [4.69, 9.17) is 5.11 Å². The van der Waals surface area contributed by atoms with Crippen molar-refractivity contribution in [3.63, 3.8) is 0 Å². The van der Waals surface area contributed by atoms with E-state index in [2.05, 4.69) is 10.1 Å². The maximum absolute atomic E-state index is 13.1. The van der Waals surface area contributed by atoms with E-state index in [1.165, 1.54) is 22.9 Å². The summed E-state index contributed by atoms with van der Waals surface area (Å²) >= 11 is 0. The summed E-state index contributed by atoms with van der Waals surface area (Å²) < 4.78 is 16.1. The zero-order valence-corrected chi connectivity index (χ0v) is 12.6. The quantitative estimate of drug-likeness (QED) is 0.624. The number of benzene rings is 1. The topological polar surface area (TPSA) is 72.4 Å². The minimum absolute atomic E-state index is 0.114. The van der Waals surface area contributed by atoms with Gasteiger partial charge in [0.1, 0.15) is 5.82 Å². The second kappa shape index (κ2) is 5.54. The van der Waals surface area contributed by atoms with Gasteiger partial charge in [0.2, 0.25) is 0 Å². The van der Waals surface area contributed by atoms with E-state index in [0.717, 1.165) is 11.1 Å². The Morgan fingerprint density at radius 2 is 1.92 bits per heavy atom. The molecule has 0 aliphatic carbocycles. The van der Waals surface area contributed by atoms with Gasteiger partial charge >= 0.3 is 0 Å². The molecule has 4 aromatic rings. The minimum Gasteiger partial charge on any atom is -0.395 e. The average molecular weight is 324 g/mol. The van der Waals surface area contributed by atoms with Crippen molar-refractivity contribution >= 4 is 16.6 Å². The molecule has 24 heavy (non-hydrogen) atoms. The van der Waals surface area contributed by atoms with Crippen LogP contribution in [0.4, 0.5) is 4.39 Å². The second-order valence-electron chi connectivity index (χ2n) is 5.40. The number of aliphatic hydroxyl groups excluding tert-OH is 1. The van der Waals surface area contributed by atoms with Crippen molar-refractivity contribution in [3.05, 3.63) is 65.1 Å². The molecule has 0 saturated heterocycles. The van der Waals surface area contributed by atoms with E-state index in [9.17, 15) is 9.18 Å². The SMILES string of the molecule is O=c1c2cnc3c(-c4ccc(F)cc4)cnn3c2ccn1CCO. The maximum Gasteiger partial charge on any atom is 0.261 e. The number of aliphatic hydroxyl groups is 1. The van der Waals surface area contributed by atoms with Gasteiger partial charge in [-0.25, -0.2) is 13.9 Å². The van der Waals surface area contributed by atoms with Crippen LogP contribution in [0.25, 0.3) is 27.7 Å². The third kappa shape index (κ3) is 2.17. The van der Waals surface area contributed by atoms with E-state index in [-0.39, 0.29) is 24.5 Å². The highest BCUT2D eigenvalue weighted by molar-refractivity contribution is 5.84. The summed E-state index contributed by atoms with van der Waals surface area (Å²) in [5.41, 5.74) is 2.55. The zero-order chi connectivity index (χ0) is 16.7. The molecule has 120 valence electrons. The van der Waals surface area contributed by atoms with Crippen LogP contribution in [-0.2, 0) is 6.54 Å². The van der Waals surface area contributed by atoms with Crippen LogP contribution in [0.3, 0.4) is 0 Å². The fourth-order valence-corrected chi connectivity index (χ4v) is 2.77. The van der Waals surface area contributed by atoms with Gasteiger partial charge in [-0.3, -0.25) is 4.79 Å². The van der Waals surface area contributed by atoms with Gasteiger partial charge < -0.3 is 9.67 Å². The summed E-state index contributed by atoms with van der Waals surface area (Å²) in [5, 5.41) is 13.8. The van der Waals surface area contributed by atoms with Crippen molar-refractivity contribution in [3.8, 4) is 11.1 Å². The molecule has 0 radical (unpaired) electrons. The fraction of sp³-hybridized carbons (Fsp3) is 0.118. The van der Waals surface area contributed by atoms with Crippen LogP contribution in [0.2, 0.25) is 0 Å². The molecule has 0 amide bonds. The Labute approximate surface area is 135 Å². The molecule has 0 atom stereocenters. The lowest BCUT2D eigenvalue weighted by Gasteiger charge is -2.06. The van der Waals surface area contributed by atoms with Crippen LogP contribution >= 0.6 is 0 Å². The van der Waals surface area contributed by atoms with Gasteiger partial charge in [0.25, 0.3) is 5.56 Å². The van der Waals surface area contributed by atoms with Crippen LogP contribution < -0.4 is 5.56 Å². The molecule has 0 saturated carbocycles. The summed E-state index contributed by atoms with van der Waals surface area (Å²) in [4.78, 5) is 16.8. The Morgan fingerprint density at radius 3 is 2.67 bits per heavy atom. The first kappa shape index (κ1) is 14.5. The predicted molar refractivity (Wildman–Crippen MR) is 87.2 cm³/mol. The molecule has 1 aromatic carbocycles. The fourth-order valence-electron chi connectivity index (χ4n) is 2.77. The highest BCUT2D eigenvalue weighted by Gasteiger charge is 2.12. The van der Waals surface area contributed by atoms with Crippen molar-refractivity contribution < 1.29 is 9.50 Å². The van der Waals surface area contributed by atoms with Gasteiger partial charge in [0.05, 0.1) is 23.7 Å². The van der Waals surface area contributed by atoms with Gasteiger partial charge in [0.15, 0.2) is 5.65 Å². The summed E-state index contributed by atoms with van der Waals surface area (Å²) in [6.45, 7) is 0.115. The standard InChI is InChI=1S/C17H13FN4O2/c18-12-3-1-11(2-4-12)13-10-20-22-15-5-6-21(7-8-23)17(24)14(15)9-19-16(13)22/h1-6,9-10,23H,7-8H2. The van der Waals surface area contributed by atoms with Gasteiger partial charge in [-0.1, -0.05) is 12.1 Å². The molecule has 6 nitrogen and oxygen atoms in total. The van der Waals surface area contributed by atoms with Crippen molar-refractivity contribution in [2.75, 3.05) is 6.61 Å². The van der Waals surface area contributed by atoms with Gasteiger partial charge in [-0.2, -0.15) is 5.10 Å². The number of hydrogen-bond acceptors (Lipinski definition) is 4. The van der Waals surface area contributed by atoms with Crippen LogP contribution in [0.1, 0.15) is 0 Å². The molecule has 0 bridgehead atoms. The lowest BCUT2D eigenvalue weighted by Crippen LogP contribution is -2.21. The van der Waals surface area contributed by atoms with Gasteiger partial charge in [0, 0.05) is 24.5 Å². The Bertz CT molecular complexity index is 1100. The Hall–Kier alpha value is -3.06. The molecule has 0 fully saturated rings. The van der Waals surface area contributed by atoms with Crippen molar-refractivity contribution in [2.45, 2.75) is 6.54 Å². The summed E-state index contributed by atoms with van der Waals surface area (Å²) in [7, 11) is 0. The highest BCUT2D eigenvalue weighted by atomic mass is 19.1. The summed E-state index contributed by atoms with van der Waals surface area (Å²) in [6.07, 6.45) is 4.78. The smallest absolute Gasteiger partial charge is 0.261 e. The van der Waals surface area contributed by atoms with Gasteiger partial charge in [-0.15, -0.1) is 0 Å². The monoisotopic (exact) mass is 324 g/mol. The number of halogens is 1. The molecule has 0 spiro atoms. The number of nitrogens with zero attached hydrogens (tertiary/aromatic N) is 4. The highest BCUT2D eigenvalue weighted by Crippen LogP contribution is 2.25. The second-order valence-corrected chi connectivity index (χ2v) is 5.40. The lowest BCUT2D eigenvalue weighted by atomic mass is 10.1. The summed E-state index contributed by atoms with van der Waals surface area (Å²) in [5.74, 6) is -0.307. The Morgan fingerprint density at radius 1 is 1.12 bits per heavy atom. The van der Waals surface area contributed by atoms with E-state index < -0.39 is 0 Å². The van der Waals surface area contributed by atoms with Gasteiger partial charge in [-0.05, 0) is 23.8 Å². The average Bonchev–Trinajstić information content (AvgIpc) is 3.02. The summed E-state index contributed by atoms with van der Waals surface area (Å²) in [6, 6.07) is 7.86. The predicted octanol–water partition coefficient (Wildman–Crippen LogP) is 1.84. The molecule has 0 aliphatic rings. The first-order chi connectivity index (χ1) is 11.7. The maximum atomic E-state index is 13.1. The largest absolute Gasteiger partial charge is 0.395 e. The van der Waals surface area contributed by atoms with Crippen molar-refractivity contribution in [1.29, 1.82) is 0 Å². The first-order valence-corrected chi connectivity index (χ1v) is 7.42. The number of hydrogen-bond donors (Lipinski definition) is 1. The van der Waals surface area contributed by atoms with E-state index in [1.54, 1.807) is 35.1 Å². The number of aromatic nitrogens is 4. The molecule has 0 unspecified atom stereocenters. The molecule has 3 aromatic heterocycles. The molecule has 4 rings (SSSR count). The number of rotatable bonds is 3. The molecule has 3 heterocycles. The van der Waals surface area contributed by atoms with Crippen LogP contribution in [0, 0.1) is 5.82 Å². The third-order valence-corrected chi connectivity index (χ3v) is 3.96. The third-order valence-electron chi connectivity index (χ3n) is 3.96. The lowest BCUT2D eigenvalue weighted by molar-refractivity contribution is 0.274. The van der Waals surface area contributed by atoms with E-state index in [1.807, 2.05) is 0 Å². The number of fused-ring (bicyclic) bond motifs is 3. The zero-order valence-electron chi connectivity index (χ0n) is 12.6. The first-order valence-electron chi connectivity index (χ1n) is 7.42. The Balaban J connectivity index is 1.96. The van der Waals surface area contributed by atoms with E-state index in [0.29, 0.717) is 16.6 Å².